The minimum absolute atomic E-state index is 0.0321. The summed E-state index contributed by atoms with van der Waals surface area (Å²) in [6.45, 7) is 3.29. The fourth-order valence-corrected chi connectivity index (χ4v) is 2.51. The summed E-state index contributed by atoms with van der Waals surface area (Å²) in [4.78, 5) is 13.1. The van der Waals surface area contributed by atoms with E-state index in [1.807, 2.05) is 0 Å². The zero-order valence-corrected chi connectivity index (χ0v) is 8.37. The Balaban J connectivity index is 1.99. The van der Waals surface area contributed by atoms with Crippen LogP contribution in [-0.4, -0.2) is 47.8 Å². The number of nitrogens with zero attached hydrogens (tertiary/aromatic N) is 1. The molecular formula is C10H17NO3. The number of hydrogen-bond donors (Lipinski definition) is 1. The Bertz CT molecular complexity index is 219. The number of ether oxygens (including phenoxy) is 1. The smallest absolute Gasteiger partial charge is 0.305 e. The van der Waals surface area contributed by atoms with Gasteiger partial charge in [-0.1, -0.05) is 0 Å². The van der Waals surface area contributed by atoms with Crippen LogP contribution in [0, 0.1) is 0 Å². The highest BCUT2D eigenvalue weighted by Crippen LogP contribution is 2.40. The lowest BCUT2D eigenvalue weighted by Gasteiger charge is -2.51. The summed E-state index contributed by atoms with van der Waals surface area (Å²) in [6, 6.07) is 0. The van der Waals surface area contributed by atoms with Crippen LogP contribution < -0.4 is 0 Å². The average Bonchev–Trinajstić information content (AvgIpc) is 2.12. The molecule has 0 spiro atoms. The predicted octanol–water partition coefficient (Wildman–Crippen LogP) is 0.716. The molecule has 4 nitrogen and oxygen atoms in total. The number of morpholine rings is 1. The van der Waals surface area contributed by atoms with E-state index in [-0.39, 0.29) is 5.54 Å². The van der Waals surface area contributed by atoms with E-state index in [0.717, 1.165) is 39.1 Å². The SMILES string of the molecule is O=C(O)CC1(N2CCOCC2)CCC1. The first-order valence-corrected chi connectivity index (χ1v) is 5.28. The van der Waals surface area contributed by atoms with Gasteiger partial charge in [-0.15, -0.1) is 0 Å². The molecule has 1 saturated carbocycles. The first-order valence-electron chi connectivity index (χ1n) is 5.28. The Morgan fingerprint density at radius 1 is 1.36 bits per heavy atom. The van der Waals surface area contributed by atoms with Crippen molar-refractivity contribution in [2.75, 3.05) is 26.3 Å². The molecule has 1 aliphatic carbocycles. The molecule has 1 heterocycles. The molecule has 4 heteroatoms. The highest BCUT2D eigenvalue weighted by molar-refractivity contribution is 5.68. The maximum Gasteiger partial charge on any atom is 0.305 e. The second-order valence-electron chi connectivity index (χ2n) is 4.25. The molecule has 0 radical (unpaired) electrons. The van der Waals surface area contributed by atoms with Crippen LogP contribution in [0.15, 0.2) is 0 Å². The zero-order chi connectivity index (χ0) is 10.0. The van der Waals surface area contributed by atoms with E-state index >= 15 is 0 Å². The Hall–Kier alpha value is -0.610. The molecule has 1 N–H and O–H groups in total. The number of carboxylic acid groups (broad SMARTS) is 1. The van der Waals surface area contributed by atoms with Gasteiger partial charge < -0.3 is 9.84 Å². The highest BCUT2D eigenvalue weighted by Gasteiger charge is 2.44. The van der Waals surface area contributed by atoms with Crippen molar-refractivity contribution in [1.29, 1.82) is 0 Å². The fraction of sp³-hybridized carbons (Fsp3) is 0.900. The standard InChI is InChI=1S/C10H17NO3/c12-9(13)8-10(2-1-3-10)11-4-6-14-7-5-11/h1-8H2,(H,12,13). The normalized spacial score (nSPS) is 26.9. The Kier molecular flexibility index (Phi) is 2.74. The summed E-state index contributed by atoms with van der Waals surface area (Å²) in [7, 11) is 0. The van der Waals surface area contributed by atoms with Crippen molar-refractivity contribution < 1.29 is 14.6 Å². The van der Waals surface area contributed by atoms with E-state index < -0.39 is 5.97 Å². The molecule has 2 aliphatic rings. The topological polar surface area (TPSA) is 49.8 Å². The van der Waals surface area contributed by atoms with Gasteiger partial charge in [0.2, 0.25) is 0 Å². The van der Waals surface area contributed by atoms with Gasteiger partial charge in [0.25, 0.3) is 0 Å². The second kappa shape index (κ2) is 3.87. The van der Waals surface area contributed by atoms with Crippen LogP contribution >= 0.6 is 0 Å². The molecule has 0 bridgehead atoms. The third-order valence-electron chi connectivity index (χ3n) is 3.45. The molecule has 1 saturated heterocycles. The molecule has 14 heavy (non-hydrogen) atoms. The highest BCUT2D eigenvalue weighted by atomic mass is 16.5. The number of hydrogen-bond acceptors (Lipinski definition) is 3. The second-order valence-corrected chi connectivity index (χ2v) is 4.25. The zero-order valence-electron chi connectivity index (χ0n) is 8.37. The summed E-state index contributed by atoms with van der Waals surface area (Å²) in [5.74, 6) is -0.670. The van der Waals surface area contributed by atoms with Crippen molar-refractivity contribution >= 4 is 5.97 Å². The molecule has 2 fully saturated rings. The fourth-order valence-electron chi connectivity index (χ4n) is 2.51. The molecule has 0 unspecified atom stereocenters. The number of rotatable bonds is 3. The molecule has 2 rings (SSSR count). The molecular weight excluding hydrogens is 182 g/mol. The Labute approximate surface area is 83.8 Å². The molecule has 0 atom stereocenters. The monoisotopic (exact) mass is 199 g/mol. The van der Waals surface area contributed by atoms with E-state index in [4.69, 9.17) is 9.84 Å². The maximum absolute atomic E-state index is 10.8. The van der Waals surface area contributed by atoms with E-state index in [1.54, 1.807) is 0 Å². The van der Waals surface area contributed by atoms with Crippen LogP contribution in [0.2, 0.25) is 0 Å². The first kappa shape index (κ1) is 9.93. The van der Waals surface area contributed by atoms with Crippen molar-refractivity contribution in [3.63, 3.8) is 0 Å². The van der Waals surface area contributed by atoms with Crippen molar-refractivity contribution in [3.05, 3.63) is 0 Å². The quantitative estimate of drug-likeness (QED) is 0.727. The molecule has 1 aliphatic heterocycles. The van der Waals surface area contributed by atoms with Crippen molar-refractivity contribution in [2.45, 2.75) is 31.2 Å². The van der Waals surface area contributed by atoms with Gasteiger partial charge in [-0.2, -0.15) is 0 Å². The molecule has 0 amide bonds. The molecule has 0 aromatic rings. The van der Waals surface area contributed by atoms with Crippen LogP contribution in [-0.2, 0) is 9.53 Å². The van der Waals surface area contributed by atoms with Crippen LogP contribution in [0.4, 0.5) is 0 Å². The average molecular weight is 199 g/mol. The van der Waals surface area contributed by atoms with Gasteiger partial charge in [-0.3, -0.25) is 9.69 Å². The number of aliphatic carboxylic acids is 1. The van der Waals surface area contributed by atoms with Crippen molar-refractivity contribution in [3.8, 4) is 0 Å². The number of carbonyl (C=O) groups is 1. The Morgan fingerprint density at radius 3 is 2.43 bits per heavy atom. The van der Waals surface area contributed by atoms with Crippen molar-refractivity contribution in [1.82, 2.24) is 4.90 Å². The third-order valence-corrected chi connectivity index (χ3v) is 3.45. The van der Waals surface area contributed by atoms with Crippen LogP contribution in [0.5, 0.6) is 0 Å². The van der Waals surface area contributed by atoms with Crippen LogP contribution in [0.1, 0.15) is 25.7 Å². The van der Waals surface area contributed by atoms with Gasteiger partial charge >= 0.3 is 5.97 Å². The molecule has 0 aromatic carbocycles. The van der Waals surface area contributed by atoms with Gasteiger partial charge in [0.15, 0.2) is 0 Å². The first-order chi connectivity index (χ1) is 6.73. The minimum Gasteiger partial charge on any atom is -0.481 e. The lowest BCUT2D eigenvalue weighted by Crippen LogP contribution is -2.58. The number of carboxylic acids is 1. The lowest BCUT2D eigenvalue weighted by atomic mass is 9.72. The van der Waals surface area contributed by atoms with Gasteiger partial charge in [0, 0.05) is 18.6 Å². The van der Waals surface area contributed by atoms with E-state index in [9.17, 15) is 4.79 Å². The van der Waals surface area contributed by atoms with Gasteiger partial charge in [-0.25, -0.2) is 0 Å². The third kappa shape index (κ3) is 1.77. The lowest BCUT2D eigenvalue weighted by molar-refractivity contribution is -0.144. The predicted molar refractivity (Wildman–Crippen MR) is 51.2 cm³/mol. The van der Waals surface area contributed by atoms with Gasteiger partial charge in [0.1, 0.15) is 0 Å². The summed E-state index contributed by atoms with van der Waals surface area (Å²) >= 11 is 0. The molecule has 80 valence electrons. The summed E-state index contributed by atoms with van der Waals surface area (Å²) in [5, 5.41) is 8.89. The van der Waals surface area contributed by atoms with E-state index in [0.29, 0.717) is 6.42 Å². The van der Waals surface area contributed by atoms with E-state index in [2.05, 4.69) is 4.90 Å². The minimum atomic E-state index is -0.670. The summed E-state index contributed by atoms with van der Waals surface area (Å²) < 4.78 is 5.28. The van der Waals surface area contributed by atoms with E-state index in [1.165, 1.54) is 6.42 Å². The molecule has 0 aromatic heterocycles. The van der Waals surface area contributed by atoms with Gasteiger partial charge in [0.05, 0.1) is 19.6 Å². The summed E-state index contributed by atoms with van der Waals surface area (Å²) in [6.07, 6.45) is 3.55. The van der Waals surface area contributed by atoms with Gasteiger partial charge in [-0.05, 0) is 19.3 Å². The van der Waals surface area contributed by atoms with Crippen molar-refractivity contribution in [2.24, 2.45) is 0 Å². The van der Waals surface area contributed by atoms with Crippen LogP contribution in [0.3, 0.4) is 0 Å². The van der Waals surface area contributed by atoms with Crippen LogP contribution in [0.25, 0.3) is 0 Å². The maximum atomic E-state index is 10.8. The Morgan fingerprint density at radius 2 is 2.00 bits per heavy atom. The largest absolute Gasteiger partial charge is 0.481 e. The summed E-state index contributed by atoms with van der Waals surface area (Å²) in [5.41, 5.74) is -0.0321.